The van der Waals surface area contributed by atoms with Gasteiger partial charge >= 0.3 is 17.5 Å². The Morgan fingerprint density at radius 1 is 1.14 bits per heavy atom. The lowest BCUT2D eigenvalue weighted by Crippen LogP contribution is -2.44. The van der Waals surface area contributed by atoms with E-state index in [1.807, 2.05) is 0 Å². The Morgan fingerprint density at radius 3 is 2.52 bits per heavy atom. The molecule has 1 N–H and O–H groups in total. The van der Waals surface area contributed by atoms with Gasteiger partial charge in [-0.15, -0.1) is 4.73 Å². The molecule has 3 aromatic rings. The van der Waals surface area contributed by atoms with E-state index in [9.17, 15) is 20.5 Å². The number of benzene rings is 2. The normalized spacial score (nSPS) is 10.2. The number of para-hydroxylation sites is 2. The summed E-state index contributed by atoms with van der Waals surface area (Å²) < 4.78 is 16.4. The third kappa shape index (κ3) is 3.89. The van der Waals surface area contributed by atoms with Gasteiger partial charge in [0.05, 0.1) is 13.2 Å². The second-order valence-corrected chi connectivity index (χ2v) is 5.76. The molecule has 0 saturated heterocycles. The molecular weight excluding hydrogens is 380 g/mol. The number of aromatic nitrogens is 2. The number of nitrogens with zero attached hydrogens (tertiary/aromatic N) is 3. The van der Waals surface area contributed by atoms with Crippen LogP contribution in [-0.4, -0.2) is 19.8 Å². The molecule has 0 fully saturated rings. The molecule has 0 bridgehead atoms. The second-order valence-electron chi connectivity index (χ2n) is 5.76. The van der Waals surface area contributed by atoms with Crippen LogP contribution in [0, 0.1) is 21.7 Å². The average Bonchev–Trinajstić information content (AvgIpc) is 2.72. The van der Waals surface area contributed by atoms with E-state index in [1.165, 1.54) is 32.2 Å². The molecule has 0 radical (unpaired) electrons. The highest BCUT2D eigenvalue weighted by molar-refractivity contribution is 5.71. The number of carbonyl (C=O) groups excluding carboxylic acids is 1. The van der Waals surface area contributed by atoms with Crippen LogP contribution in [0.2, 0.25) is 0 Å². The molecule has 10 nitrogen and oxygen atoms in total. The molecule has 1 heterocycles. The number of hydrogen-bond donors (Lipinski definition) is 1. The number of esters is 1. The van der Waals surface area contributed by atoms with Crippen molar-refractivity contribution in [3.05, 3.63) is 58.6 Å². The molecule has 0 atom stereocenters. The van der Waals surface area contributed by atoms with E-state index < -0.39 is 11.7 Å². The van der Waals surface area contributed by atoms with Crippen molar-refractivity contribution in [3.63, 3.8) is 0 Å². The minimum Gasteiger partial charge on any atom is -0.710 e. The predicted molar refractivity (Wildman–Crippen MR) is 100 cm³/mol. The molecule has 0 unspecified atom stereocenters. The molecule has 0 aliphatic rings. The SMILES string of the molecule is COc1ccc2c(c1)[n+]([O-])c(C#N)c(NCOc1ccccc1OC(C)=O)[n+]2[O-]. The smallest absolute Gasteiger partial charge is 0.385 e. The van der Waals surface area contributed by atoms with Crippen molar-refractivity contribution >= 4 is 22.8 Å². The maximum Gasteiger partial charge on any atom is 0.385 e. The van der Waals surface area contributed by atoms with Crippen LogP contribution < -0.4 is 29.0 Å². The van der Waals surface area contributed by atoms with Gasteiger partial charge in [0.2, 0.25) is 12.2 Å². The van der Waals surface area contributed by atoms with E-state index in [1.54, 1.807) is 30.3 Å². The Balaban J connectivity index is 1.90. The van der Waals surface area contributed by atoms with E-state index >= 15 is 0 Å². The fourth-order valence-corrected chi connectivity index (χ4v) is 2.64. The van der Waals surface area contributed by atoms with Crippen LogP contribution in [0.15, 0.2) is 42.5 Å². The van der Waals surface area contributed by atoms with Gasteiger partial charge < -0.3 is 24.6 Å². The zero-order valence-electron chi connectivity index (χ0n) is 15.5. The monoisotopic (exact) mass is 396 g/mol. The van der Waals surface area contributed by atoms with E-state index in [0.29, 0.717) is 15.2 Å². The first-order chi connectivity index (χ1) is 14.0. The highest BCUT2D eigenvalue weighted by Gasteiger charge is 2.27. The summed E-state index contributed by atoms with van der Waals surface area (Å²) in [6.45, 7) is 0.989. The number of rotatable bonds is 6. The average molecular weight is 396 g/mol. The van der Waals surface area contributed by atoms with E-state index in [2.05, 4.69) is 5.32 Å². The standard InChI is InChI=1S/C19H16N4O6/c1-12(24)29-18-6-4-3-5-17(18)28-11-21-19-16(10-20)22(25)15-9-13(27-2)7-8-14(15)23(19)26/h3-9,21H,11H2,1-2H3. The summed E-state index contributed by atoms with van der Waals surface area (Å²) in [4.78, 5) is 11.2. The summed E-state index contributed by atoms with van der Waals surface area (Å²) in [6, 6.07) is 12.5. The van der Waals surface area contributed by atoms with Gasteiger partial charge in [-0.1, -0.05) is 12.1 Å². The maximum absolute atomic E-state index is 12.7. The largest absolute Gasteiger partial charge is 0.710 e. The summed E-state index contributed by atoms with van der Waals surface area (Å²) in [7, 11) is 1.42. The third-order valence-electron chi connectivity index (χ3n) is 3.93. The van der Waals surface area contributed by atoms with Gasteiger partial charge in [0.15, 0.2) is 17.6 Å². The van der Waals surface area contributed by atoms with Crippen molar-refractivity contribution in [3.8, 4) is 23.3 Å². The van der Waals surface area contributed by atoms with Gasteiger partial charge in [-0.05, 0) is 24.3 Å². The van der Waals surface area contributed by atoms with Crippen LogP contribution in [0.1, 0.15) is 12.6 Å². The zero-order valence-corrected chi connectivity index (χ0v) is 15.5. The van der Waals surface area contributed by atoms with Crippen molar-refractivity contribution < 1.29 is 28.5 Å². The molecule has 148 valence electrons. The summed E-state index contributed by atoms with van der Waals surface area (Å²) in [5.74, 6) is 0.0197. The molecule has 3 rings (SSSR count). The van der Waals surface area contributed by atoms with Gasteiger partial charge in [-0.2, -0.15) is 5.26 Å². The molecule has 0 aliphatic heterocycles. The van der Waals surface area contributed by atoms with Gasteiger partial charge in [-0.25, -0.2) is 10.0 Å². The first-order valence-corrected chi connectivity index (χ1v) is 8.37. The number of ether oxygens (including phenoxy) is 3. The van der Waals surface area contributed by atoms with Crippen molar-refractivity contribution in [2.45, 2.75) is 6.92 Å². The van der Waals surface area contributed by atoms with Gasteiger partial charge in [0, 0.05) is 6.92 Å². The lowest BCUT2D eigenvalue weighted by atomic mass is 10.2. The Bertz CT molecular complexity index is 1130. The number of nitrogens with one attached hydrogen (secondary N) is 1. The Hall–Kier alpha value is -4.26. The first-order valence-electron chi connectivity index (χ1n) is 8.37. The molecule has 0 spiro atoms. The van der Waals surface area contributed by atoms with E-state index in [0.717, 1.165) is 0 Å². The van der Waals surface area contributed by atoms with Crippen LogP contribution in [0.4, 0.5) is 5.82 Å². The minimum atomic E-state index is -0.518. The summed E-state index contributed by atoms with van der Waals surface area (Å²) in [6.07, 6.45) is 0. The van der Waals surface area contributed by atoms with Crippen molar-refractivity contribution in [2.75, 3.05) is 19.2 Å². The quantitative estimate of drug-likeness (QED) is 0.217. The fourth-order valence-electron chi connectivity index (χ4n) is 2.64. The van der Waals surface area contributed by atoms with E-state index in [4.69, 9.17) is 14.2 Å². The van der Waals surface area contributed by atoms with Crippen LogP contribution in [0.3, 0.4) is 0 Å². The molecule has 1 aromatic heterocycles. The number of hydrogen-bond acceptors (Lipinski definition) is 8. The highest BCUT2D eigenvalue weighted by atomic mass is 16.6. The zero-order chi connectivity index (χ0) is 21.0. The van der Waals surface area contributed by atoms with Crippen LogP contribution in [-0.2, 0) is 4.79 Å². The summed E-state index contributed by atoms with van der Waals surface area (Å²) in [5, 5.41) is 37.3. The molecule has 29 heavy (non-hydrogen) atoms. The molecule has 0 aliphatic carbocycles. The molecule has 0 amide bonds. The Kier molecular flexibility index (Phi) is 5.50. The van der Waals surface area contributed by atoms with Gasteiger partial charge in [0.25, 0.3) is 5.52 Å². The maximum atomic E-state index is 12.7. The number of anilines is 1. The van der Waals surface area contributed by atoms with Crippen LogP contribution >= 0.6 is 0 Å². The summed E-state index contributed by atoms with van der Waals surface area (Å²) >= 11 is 0. The molecular formula is C19H16N4O6. The molecule has 0 saturated carbocycles. The highest BCUT2D eigenvalue weighted by Crippen LogP contribution is 2.26. The molecule has 2 aromatic carbocycles. The number of methoxy groups -OCH3 is 1. The Morgan fingerprint density at radius 2 is 1.86 bits per heavy atom. The second kappa shape index (κ2) is 8.18. The van der Waals surface area contributed by atoms with Crippen molar-refractivity contribution in [1.29, 1.82) is 5.26 Å². The minimum absolute atomic E-state index is 0.0115. The van der Waals surface area contributed by atoms with Crippen molar-refractivity contribution in [1.82, 2.24) is 0 Å². The topological polar surface area (TPSA) is 134 Å². The van der Waals surface area contributed by atoms with Crippen LogP contribution in [0.25, 0.3) is 11.0 Å². The fraction of sp³-hybridized carbons (Fsp3) is 0.158. The lowest BCUT2D eigenvalue weighted by Gasteiger charge is -2.14. The first kappa shape index (κ1) is 19.5. The number of nitriles is 1. The van der Waals surface area contributed by atoms with Crippen molar-refractivity contribution in [2.24, 2.45) is 0 Å². The Labute approximate surface area is 165 Å². The van der Waals surface area contributed by atoms with Gasteiger partial charge in [-0.3, -0.25) is 4.79 Å². The number of fused-ring (bicyclic) bond motifs is 1. The predicted octanol–water partition coefficient (Wildman–Crippen LogP) is 1.36. The van der Waals surface area contributed by atoms with Crippen LogP contribution in [0.5, 0.6) is 17.2 Å². The third-order valence-corrected chi connectivity index (χ3v) is 3.93. The molecule has 10 heteroatoms. The lowest BCUT2D eigenvalue weighted by molar-refractivity contribution is -0.620. The van der Waals surface area contributed by atoms with Gasteiger partial charge in [0.1, 0.15) is 5.75 Å². The summed E-state index contributed by atoms with van der Waals surface area (Å²) in [5.41, 5.74) is -0.400. The number of carbonyl (C=O) groups is 1. The van der Waals surface area contributed by atoms with E-state index in [-0.39, 0.29) is 35.1 Å².